The molecular formula is C26H29ClF3NO. The molecule has 0 amide bonds. The van der Waals surface area contributed by atoms with Crippen LogP contribution in [0.25, 0.3) is 0 Å². The number of halogens is 4. The molecule has 6 heteroatoms. The van der Waals surface area contributed by atoms with E-state index in [9.17, 15) is 13.2 Å². The lowest BCUT2D eigenvalue weighted by Gasteiger charge is -2.47. The lowest BCUT2D eigenvalue weighted by atomic mass is 9.64. The lowest BCUT2D eigenvalue weighted by Crippen LogP contribution is -2.49. The first-order chi connectivity index (χ1) is 15.2. The number of piperidine rings is 1. The molecule has 1 saturated heterocycles. The summed E-state index contributed by atoms with van der Waals surface area (Å²) in [5.74, 6) is 0.767. The van der Waals surface area contributed by atoms with Gasteiger partial charge in [0.25, 0.3) is 0 Å². The monoisotopic (exact) mass is 463 g/mol. The highest BCUT2D eigenvalue weighted by atomic mass is 35.5. The zero-order valence-corrected chi connectivity index (χ0v) is 18.9. The van der Waals surface area contributed by atoms with E-state index in [1.807, 2.05) is 12.1 Å². The van der Waals surface area contributed by atoms with E-state index in [1.165, 1.54) is 37.0 Å². The van der Waals surface area contributed by atoms with E-state index < -0.39 is 11.7 Å². The second-order valence-electron chi connectivity index (χ2n) is 9.18. The van der Waals surface area contributed by atoms with Gasteiger partial charge in [-0.05, 0) is 85.7 Å². The molecule has 0 radical (unpaired) electrons. The van der Waals surface area contributed by atoms with Crippen LogP contribution >= 0.6 is 11.6 Å². The Bertz CT molecular complexity index is 920. The smallest absolute Gasteiger partial charge is 0.416 e. The fraction of sp³-hybridized carbons (Fsp3) is 0.462. The summed E-state index contributed by atoms with van der Waals surface area (Å²) in [5.41, 5.74) is 1.92. The second-order valence-corrected chi connectivity index (χ2v) is 9.62. The number of rotatable bonds is 7. The number of hydrogen-bond acceptors (Lipinski definition) is 2. The highest BCUT2D eigenvalue weighted by Gasteiger charge is 2.41. The number of alkyl halides is 3. The lowest BCUT2D eigenvalue weighted by molar-refractivity contribution is -0.137. The first kappa shape index (κ1) is 23.2. The molecule has 2 aliphatic rings. The van der Waals surface area contributed by atoms with Crippen LogP contribution in [0.4, 0.5) is 13.2 Å². The van der Waals surface area contributed by atoms with E-state index in [4.69, 9.17) is 16.3 Å². The molecule has 0 unspecified atom stereocenters. The molecule has 1 saturated carbocycles. The Labute approximate surface area is 193 Å². The summed E-state index contributed by atoms with van der Waals surface area (Å²) < 4.78 is 43.9. The van der Waals surface area contributed by atoms with Crippen LogP contribution in [0, 0.1) is 5.92 Å². The molecule has 2 nitrogen and oxygen atoms in total. The number of hydrogen-bond donors (Lipinski definition) is 0. The predicted molar refractivity (Wildman–Crippen MR) is 122 cm³/mol. The first-order valence-corrected chi connectivity index (χ1v) is 11.6. The van der Waals surface area contributed by atoms with E-state index in [0.717, 1.165) is 55.2 Å². The van der Waals surface area contributed by atoms with Gasteiger partial charge in [0.15, 0.2) is 0 Å². The van der Waals surface area contributed by atoms with Crippen molar-refractivity contribution in [2.75, 3.05) is 26.2 Å². The Morgan fingerprint density at radius 3 is 2.34 bits per heavy atom. The maximum atomic E-state index is 12.7. The Morgan fingerprint density at radius 1 is 1.06 bits per heavy atom. The van der Waals surface area contributed by atoms with Gasteiger partial charge in [0.05, 0.1) is 5.56 Å². The molecule has 2 fully saturated rings. The fourth-order valence-corrected chi connectivity index (χ4v) is 5.07. The molecule has 0 bridgehead atoms. The van der Waals surface area contributed by atoms with E-state index >= 15 is 0 Å². The van der Waals surface area contributed by atoms with Gasteiger partial charge >= 0.3 is 6.18 Å². The van der Waals surface area contributed by atoms with Crippen molar-refractivity contribution in [1.29, 1.82) is 0 Å². The highest BCUT2D eigenvalue weighted by molar-refractivity contribution is 6.30. The number of likely N-dealkylation sites (tertiary alicyclic amines) is 1. The number of nitrogens with zero attached hydrogens (tertiary/aromatic N) is 1. The normalized spacial score (nSPS) is 21.1. The molecule has 0 aromatic heterocycles. The van der Waals surface area contributed by atoms with Crippen LogP contribution in [0.5, 0.6) is 5.75 Å². The van der Waals surface area contributed by atoms with Crippen LogP contribution in [0.3, 0.4) is 0 Å². The SMILES string of the molecule is C=C(COc1ccc(C(F)(F)F)cc1)[C@H]1CCCN(CC2(c3ccc(Cl)cc3)CCC2)C1. The molecule has 1 aliphatic heterocycles. The first-order valence-electron chi connectivity index (χ1n) is 11.2. The highest BCUT2D eigenvalue weighted by Crippen LogP contribution is 2.45. The van der Waals surface area contributed by atoms with Crippen molar-refractivity contribution in [2.45, 2.75) is 43.7 Å². The molecule has 0 spiro atoms. The van der Waals surface area contributed by atoms with E-state index in [-0.39, 0.29) is 5.41 Å². The minimum atomic E-state index is -4.34. The van der Waals surface area contributed by atoms with Crippen LogP contribution < -0.4 is 4.74 Å². The topological polar surface area (TPSA) is 12.5 Å². The minimum absolute atomic E-state index is 0.213. The number of ether oxygens (including phenoxy) is 1. The molecule has 32 heavy (non-hydrogen) atoms. The van der Waals surface area contributed by atoms with Crippen molar-refractivity contribution >= 4 is 11.6 Å². The molecule has 1 aliphatic carbocycles. The largest absolute Gasteiger partial charge is 0.489 e. The maximum Gasteiger partial charge on any atom is 0.416 e. The van der Waals surface area contributed by atoms with Gasteiger partial charge in [0.2, 0.25) is 0 Å². The second kappa shape index (κ2) is 9.48. The van der Waals surface area contributed by atoms with Crippen LogP contribution in [0.2, 0.25) is 5.02 Å². The van der Waals surface area contributed by atoms with Crippen LogP contribution in [-0.4, -0.2) is 31.1 Å². The summed E-state index contributed by atoms with van der Waals surface area (Å²) in [5, 5.41) is 0.769. The molecular weight excluding hydrogens is 435 g/mol. The fourth-order valence-electron chi connectivity index (χ4n) is 4.94. The van der Waals surface area contributed by atoms with Crippen LogP contribution in [-0.2, 0) is 11.6 Å². The summed E-state index contributed by atoms with van der Waals surface area (Å²) in [7, 11) is 0. The average molecular weight is 464 g/mol. The predicted octanol–water partition coefficient (Wildman–Crippen LogP) is 7.13. The van der Waals surface area contributed by atoms with E-state index in [1.54, 1.807) is 0 Å². The van der Waals surface area contributed by atoms with Crippen molar-refractivity contribution in [3.8, 4) is 5.75 Å². The quantitative estimate of drug-likeness (QED) is 0.405. The Morgan fingerprint density at radius 2 is 1.75 bits per heavy atom. The molecule has 1 atom stereocenters. The molecule has 0 N–H and O–H groups in total. The minimum Gasteiger partial charge on any atom is -0.489 e. The summed E-state index contributed by atoms with van der Waals surface area (Å²) in [4.78, 5) is 2.55. The van der Waals surface area contributed by atoms with E-state index in [0.29, 0.717) is 18.3 Å². The van der Waals surface area contributed by atoms with Crippen molar-refractivity contribution < 1.29 is 17.9 Å². The van der Waals surface area contributed by atoms with Gasteiger partial charge in [-0.1, -0.05) is 36.7 Å². The van der Waals surface area contributed by atoms with Crippen molar-refractivity contribution in [1.82, 2.24) is 4.90 Å². The van der Waals surface area contributed by atoms with Crippen LogP contribution in [0.1, 0.15) is 43.2 Å². The van der Waals surface area contributed by atoms with E-state index in [2.05, 4.69) is 23.6 Å². The van der Waals surface area contributed by atoms with Crippen molar-refractivity contribution in [3.05, 3.63) is 76.8 Å². The maximum absolute atomic E-state index is 12.7. The third-order valence-electron chi connectivity index (χ3n) is 6.98. The summed E-state index contributed by atoms with van der Waals surface area (Å²) >= 11 is 6.09. The van der Waals surface area contributed by atoms with Crippen molar-refractivity contribution in [2.24, 2.45) is 5.92 Å². The molecule has 172 valence electrons. The Kier molecular flexibility index (Phi) is 6.87. The van der Waals surface area contributed by atoms with Gasteiger partial charge in [-0.2, -0.15) is 13.2 Å². The van der Waals surface area contributed by atoms with Gasteiger partial charge in [0, 0.05) is 23.5 Å². The zero-order chi connectivity index (χ0) is 22.8. The summed E-state index contributed by atoms with van der Waals surface area (Å²) in [6.07, 6.45) is 1.51. The van der Waals surface area contributed by atoms with Gasteiger partial charge in [-0.3, -0.25) is 0 Å². The van der Waals surface area contributed by atoms with Gasteiger partial charge in [-0.15, -0.1) is 0 Å². The molecule has 1 heterocycles. The molecule has 4 rings (SSSR count). The summed E-state index contributed by atoms with van der Waals surface area (Å²) in [6, 6.07) is 13.1. The third-order valence-corrected chi connectivity index (χ3v) is 7.23. The van der Waals surface area contributed by atoms with Gasteiger partial charge < -0.3 is 9.64 Å². The average Bonchev–Trinajstić information content (AvgIpc) is 2.75. The van der Waals surface area contributed by atoms with Crippen molar-refractivity contribution in [3.63, 3.8) is 0 Å². The zero-order valence-electron chi connectivity index (χ0n) is 18.1. The van der Waals surface area contributed by atoms with Crippen LogP contribution in [0.15, 0.2) is 60.7 Å². The Hall–Kier alpha value is -1.98. The number of benzene rings is 2. The van der Waals surface area contributed by atoms with Gasteiger partial charge in [0.1, 0.15) is 12.4 Å². The van der Waals surface area contributed by atoms with Gasteiger partial charge in [-0.25, -0.2) is 0 Å². The summed E-state index contributed by atoms with van der Waals surface area (Å²) in [6.45, 7) is 7.63. The third kappa shape index (κ3) is 5.32. The molecule has 2 aromatic carbocycles. The molecule has 2 aromatic rings. The standard InChI is InChI=1S/C26H29ClF3NO/c1-19(17-32-24-11-7-22(8-12-24)26(28,29)30)20-4-2-15-31(16-20)18-25(13-3-14-25)21-5-9-23(27)10-6-21/h5-12,20H,1-4,13-18H2/t20-/m0/s1. The Balaban J connectivity index is 1.32.